The van der Waals surface area contributed by atoms with E-state index in [1.54, 1.807) is 47.2 Å². The van der Waals surface area contributed by atoms with Crippen molar-refractivity contribution in [2.75, 3.05) is 31.3 Å². The molecule has 10 heteroatoms. The van der Waals surface area contributed by atoms with E-state index in [0.717, 1.165) is 6.54 Å². The molecule has 2 aromatic heterocycles. The lowest BCUT2D eigenvalue weighted by molar-refractivity contribution is 0.102. The number of likely N-dealkylation sites (N-methyl/N-ethyl adjacent to an activating group) is 1. The summed E-state index contributed by atoms with van der Waals surface area (Å²) in [6, 6.07) is 17.5. The van der Waals surface area contributed by atoms with Crippen LogP contribution >= 0.6 is 11.6 Å². The Bertz CT molecular complexity index is 1520. The van der Waals surface area contributed by atoms with Crippen molar-refractivity contribution in [3.8, 4) is 16.9 Å². The fourth-order valence-electron chi connectivity index (χ4n) is 3.72. The van der Waals surface area contributed by atoms with Crippen LogP contribution in [0, 0.1) is 0 Å². The van der Waals surface area contributed by atoms with Gasteiger partial charge >= 0.3 is 0 Å². The van der Waals surface area contributed by atoms with Gasteiger partial charge in [0.15, 0.2) is 0 Å². The Labute approximate surface area is 224 Å². The van der Waals surface area contributed by atoms with Crippen LogP contribution in [0.2, 0.25) is 5.02 Å². The highest BCUT2D eigenvalue weighted by Gasteiger charge is 2.19. The van der Waals surface area contributed by atoms with Gasteiger partial charge < -0.3 is 25.2 Å². The van der Waals surface area contributed by atoms with Crippen LogP contribution < -0.4 is 16.2 Å². The van der Waals surface area contributed by atoms with Crippen LogP contribution in [0.25, 0.3) is 11.1 Å². The largest absolute Gasteiger partial charge is 0.506 e. The van der Waals surface area contributed by atoms with Crippen molar-refractivity contribution < 1.29 is 14.7 Å². The number of carbonyl (C=O) groups is 2. The molecular formula is C28H26ClN5O4. The number of rotatable bonds is 8. The Morgan fingerprint density at radius 2 is 1.74 bits per heavy atom. The molecular weight excluding hydrogens is 506 g/mol. The lowest BCUT2D eigenvalue weighted by atomic mass is 10.0. The molecule has 2 amide bonds. The van der Waals surface area contributed by atoms with Crippen LogP contribution in [0.4, 0.5) is 11.5 Å². The second-order valence-corrected chi connectivity index (χ2v) is 9.21. The summed E-state index contributed by atoms with van der Waals surface area (Å²) in [5.41, 5.74) is 1.37. The Hall–Kier alpha value is -4.47. The summed E-state index contributed by atoms with van der Waals surface area (Å²) in [6.45, 7) is 1.29. The predicted octanol–water partition coefficient (Wildman–Crippen LogP) is 4.34. The fourth-order valence-corrected chi connectivity index (χ4v) is 3.83. The second kappa shape index (κ2) is 11.7. The number of halogens is 1. The molecule has 3 N–H and O–H groups in total. The van der Waals surface area contributed by atoms with Crippen molar-refractivity contribution in [3.05, 3.63) is 106 Å². The van der Waals surface area contributed by atoms with E-state index >= 15 is 0 Å². The molecule has 9 nitrogen and oxygen atoms in total. The van der Waals surface area contributed by atoms with E-state index in [0.29, 0.717) is 22.7 Å². The topological polar surface area (TPSA) is 117 Å². The number of phenolic OH excluding ortho intramolecular Hbond substituents is 1. The molecule has 38 heavy (non-hydrogen) atoms. The number of aromatic hydroxyl groups is 1. The molecule has 0 fully saturated rings. The van der Waals surface area contributed by atoms with Gasteiger partial charge in [0.2, 0.25) is 0 Å². The van der Waals surface area contributed by atoms with Gasteiger partial charge in [-0.05, 0) is 68.2 Å². The maximum atomic E-state index is 13.0. The SMILES string of the molecule is CN(C)CCn1cccc(-c2ccc(C(=O)Nc3c(O)cccc3C(=O)Nc3ccc(Cl)cn3)cc2)c1=O. The number of nitrogens with one attached hydrogen (secondary N) is 2. The molecule has 0 radical (unpaired) electrons. The Kier molecular flexibility index (Phi) is 8.20. The number of amides is 2. The van der Waals surface area contributed by atoms with Crippen molar-refractivity contribution in [3.63, 3.8) is 0 Å². The van der Waals surface area contributed by atoms with E-state index in [1.165, 1.54) is 30.5 Å². The lowest BCUT2D eigenvalue weighted by Crippen LogP contribution is -2.26. The number of aromatic nitrogens is 2. The zero-order chi connectivity index (χ0) is 27.2. The van der Waals surface area contributed by atoms with Gasteiger partial charge in [-0.15, -0.1) is 0 Å². The van der Waals surface area contributed by atoms with Crippen molar-refractivity contribution in [1.82, 2.24) is 14.5 Å². The van der Waals surface area contributed by atoms with Gasteiger partial charge in [0, 0.05) is 36.6 Å². The molecule has 194 valence electrons. The number of nitrogens with zero attached hydrogens (tertiary/aromatic N) is 3. The summed E-state index contributed by atoms with van der Waals surface area (Å²) in [7, 11) is 3.89. The summed E-state index contributed by atoms with van der Waals surface area (Å²) in [6.07, 6.45) is 3.14. The number of hydrogen-bond acceptors (Lipinski definition) is 6. The first-order valence-electron chi connectivity index (χ1n) is 11.7. The molecule has 4 rings (SSSR count). The van der Waals surface area contributed by atoms with Gasteiger partial charge in [0.25, 0.3) is 17.4 Å². The first-order chi connectivity index (χ1) is 18.2. The zero-order valence-electron chi connectivity index (χ0n) is 20.8. The monoisotopic (exact) mass is 531 g/mol. The summed E-state index contributed by atoms with van der Waals surface area (Å²) in [4.78, 5) is 44.8. The van der Waals surface area contributed by atoms with Gasteiger partial charge in [0.05, 0.1) is 16.3 Å². The van der Waals surface area contributed by atoms with Gasteiger partial charge in [-0.2, -0.15) is 0 Å². The van der Waals surface area contributed by atoms with Crippen LogP contribution in [0.15, 0.2) is 83.9 Å². The Balaban J connectivity index is 1.53. The number of carbonyl (C=O) groups excluding carboxylic acids is 2. The number of pyridine rings is 2. The lowest BCUT2D eigenvalue weighted by Gasteiger charge is -2.14. The van der Waals surface area contributed by atoms with Gasteiger partial charge in [0.1, 0.15) is 11.6 Å². The second-order valence-electron chi connectivity index (χ2n) is 8.77. The van der Waals surface area contributed by atoms with E-state index in [2.05, 4.69) is 15.6 Å². The van der Waals surface area contributed by atoms with Crippen LogP contribution in [0.1, 0.15) is 20.7 Å². The first-order valence-corrected chi connectivity index (χ1v) is 12.1. The van der Waals surface area contributed by atoms with E-state index in [4.69, 9.17) is 11.6 Å². The van der Waals surface area contributed by atoms with Crippen molar-refractivity contribution in [2.45, 2.75) is 6.54 Å². The standard InChI is InChI=1S/C28H26ClN5O4/c1-33(2)15-16-34-14-4-6-21(28(34)38)18-8-10-19(11-9-18)26(36)32-25-22(5-3-7-23(25)35)27(37)31-24-13-12-20(29)17-30-24/h3-14,17,35H,15-16H2,1-2H3,(H,32,36)(H,30,31,37). The molecule has 4 aromatic rings. The van der Waals surface area contributed by atoms with Crippen LogP contribution in [0.5, 0.6) is 5.75 Å². The third kappa shape index (κ3) is 6.26. The highest BCUT2D eigenvalue weighted by atomic mass is 35.5. The Morgan fingerprint density at radius 1 is 0.974 bits per heavy atom. The first kappa shape index (κ1) is 26.6. The van der Waals surface area contributed by atoms with E-state index < -0.39 is 11.8 Å². The third-order valence-electron chi connectivity index (χ3n) is 5.76. The number of para-hydroxylation sites is 1. The molecule has 0 aliphatic carbocycles. The molecule has 0 saturated heterocycles. The Morgan fingerprint density at radius 3 is 2.42 bits per heavy atom. The summed E-state index contributed by atoms with van der Waals surface area (Å²) < 4.78 is 1.65. The average Bonchev–Trinajstić information content (AvgIpc) is 2.90. The van der Waals surface area contributed by atoms with Gasteiger partial charge in [-0.25, -0.2) is 4.98 Å². The van der Waals surface area contributed by atoms with Crippen LogP contribution in [0.3, 0.4) is 0 Å². The quantitative estimate of drug-likeness (QED) is 0.291. The summed E-state index contributed by atoms with van der Waals surface area (Å²) in [5.74, 6) is -1.12. The average molecular weight is 532 g/mol. The summed E-state index contributed by atoms with van der Waals surface area (Å²) >= 11 is 5.84. The fraction of sp³-hybridized carbons (Fsp3) is 0.143. The normalized spacial score (nSPS) is 10.8. The minimum atomic E-state index is -0.573. The molecule has 0 spiro atoms. The molecule has 0 aliphatic rings. The number of hydrogen-bond donors (Lipinski definition) is 3. The smallest absolute Gasteiger partial charge is 0.259 e. The maximum Gasteiger partial charge on any atom is 0.259 e. The minimum absolute atomic E-state index is 0.0418. The molecule has 2 heterocycles. The van der Waals surface area contributed by atoms with E-state index in [-0.39, 0.29) is 33.9 Å². The van der Waals surface area contributed by atoms with Crippen molar-refractivity contribution in [1.29, 1.82) is 0 Å². The molecule has 0 aliphatic heterocycles. The van der Waals surface area contributed by atoms with Gasteiger partial charge in [-0.3, -0.25) is 14.4 Å². The minimum Gasteiger partial charge on any atom is -0.506 e. The predicted molar refractivity (Wildman–Crippen MR) is 148 cm³/mol. The molecule has 2 aromatic carbocycles. The third-order valence-corrected chi connectivity index (χ3v) is 5.98. The van der Waals surface area contributed by atoms with Crippen LogP contribution in [-0.2, 0) is 6.54 Å². The molecule has 0 unspecified atom stereocenters. The van der Waals surface area contributed by atoms with Crippen molar-refractivity contribution >= 4 is 34.9 Å². The number of benzene rings is 2. The van der Waals surface area contributed by atoms with E-state index in [1.807, 2.05) is 25.1 Å². The zero-order valence-corrected chi connectivity index (χ0v) is 21.6. The maximum absolute atomic E-state index is 13.0. The number of phenols is 1. The summed E-state index contributed by atoms with van der Waals surface area (Å²) in [5, 5.41) is 16.0. The molecule has 0 atom stereocenters. The van der Waals surface area contributed by atoms with Crippen molar-refractivity contribution in [2.24, 2.45) is 0 Å². The number of anilines is 2. The molecule has 0 saturated carbocycles. The molecule has 0 bridgehead atoms. The highest BCUT2D eigenvalue weighted by Crippen LogP contribution is 2.29. The van der Waals surface area contributed by atoms with Crippen LogP contribution in [-0.4, -0.2) is 52.0 Å². The van der Waals surface area contributed by atoms with Gasteiger partial charge in [-0.1, -0.05) is 29.8 Å². The van der Waals surface area contributed by atoms with E-state index in [9.17, 15) is 19.5 Å². The highest BCUT2D eigenvalue weighted by molar-refractivity contribution is 6.30.